The summed E-state index contributed by atoms with van der Waals surface area (Å²) in [7, 11) is 0. The van der Waals surface area contributed by atoms with Gasteiger partial charge in [0.05, 0.1) is 23.7 Å². The summed E-state index contributed by atoms with van der Waals surface area (Å²) in [4.78, 5) is 27.8. The smallest absolute Gasteiger partial charge is 0.264 e. The highest BCUT2D eigenvalue weighted by molar-refractivity contribution is 6.37. The molecular formula is C24H19Cl2NO3. The van der Waals surface area contributed by atoms with Crippen LogP contribution < -0.4 is 4.90 Å². The highest BCUT2D eigenvalue weighted by atomic mass is 35.5. The van der Waals surface area contributed by atoms with Crippen molar-refractivity contribution in [3.63, 3.8) is 0 Å². The van der Waals surface area contributed by atoms with E-state index in [0.717, 1.165) is 11.1 Å². The van der Waals surface area contributed by atoms with E-state index >= 15 is 0 Å². The molecule has 0 aromatic heterocycles. The Bertz CT molecular complexity index is 1140. The van der Waals surface area contributed by atoms with E-state index in [0.29, 0.717) is 22.8 Å². The van der Waals surface area contributed by atoms with Crippen molar-refractivity contribution in [1.29, 1.82) is 0 Å². The molecule has 0 aliphatic carbocycles. The quantitative estimate of drug-likeness (QED) is 0.548. The van der Waals surface area contributed by atoms with Crippen LogP contribution in [-0.4, -0.2) is 16.8 Å². The van der Waals surface area contributed by atoms with E-state index in [1.165, 1.54) is 17.0 Å². The molecule has 3 aromatic carbocycles. The van der Waals surface area contributed by atoms with Crippen LogP contribution in [0.4, 0.5) is 5.69 Å². The zero-order chi connectivity index (χ0) is 21.5. The highest BCUT2D eigenvalue weighted by Crippen LogP contribution is 2.43. The zero-order valence-electron chi connectivity index (χ0n) is 16.2. The minimum absolute atomic E-state index is 0.186. The fraction of sp³-hybridized carbons (Fsp3) is 0.167. The van der Waals surface area contributed by atoms with E-state index in [1.54, 1.807) is 30.3 Å². The summed E-state index contributed by atoms with van der Waals surface area (Å²) in [5, 5.41) is 12.0. The summed E-state index contributed by atoms with van der Waals surface area (Å²) in [6.45, 7) is 2.29. The average molecular weight is 440 g/mol. The van der Waals surface area contributed by atoms with Gasteiger partial charge >= 0.3 is 0 Å². The number of aryl methyl sites for hydroxylation is 1. The first-order chi connectivity index (χ1) is 14.3. The standard InChI is InChI=1S/C24H19Cl2NO3/c1-15-6-8-16(9-7-15)14-27-21-5-3-2-4-19(21)24(30,23(27)29)13-22(28)18-11-10-17(25)12-20(18)26/h2-12,30H,13-14H2,1H3/t24-/m1/s1. The summed E-state index contributed by atoms with van der Waals surface area (Å²) in [5.74, 6) is -0.956. The van der Waals surface area contributed by atoms with Crippen molar-refractivity contribution in [3.8, 4) is 0 Å². The molecule has 1 atom stereocenters. The van der Waals surface area contributed by atoms with Gasteiger partial charge in [0, 0.05) is 16.1 Å². The molecular weight excluding hydrogens is 421 g/mol. The van der Waals surface area contributed by atoms with Gasteiger partial charge in [-0.05, 0) is 36.8 Å². The number of nitrogens with zero attached hydrogens (tertiary/aromatic N) is 1. The summed E-state index contributed by atoms with van der Waals surface area (Å²) < 4.78 is 0. The van der Waals surface area contributed by atoms with Crippen LogP contribution in [0.25, 0.3) is 0 Å². The van der Waals surface area contributed by atoms with Gasteiger partial charge in [-0.15, -0.1) is 0 Å². The summed E-state index contributed by atoms with van der Waals surface area (Å²) >= 11 is 12.1. The van der Waals surface area contributed by atoms with Crippen LogP contribution in [0, 0.1) is 6.92 Å². The molecule has 6 heteroatoms. The van der Waals surface area contributed by atoms with Crippen LogP contribution in [0.5, 0.6) is 0 Å². The lowest BCUT2D eigenvalue weighted by Gasteiger charge is -2.23. The molecule has 1 heterocycles. The van der Waals surface area contributed by atoms with Crippen LogP contribution in [0.2, 0.25) is 10.0 Å². The maximum atomic E-state index is 13.3. The molecule has 0 saturated heterocycles. The Balaban J connectivity index is 1.68. The number of rotatable bonds is 5. The molecule has 0 radical (unpaired) electrons. The SMILES string of the molecule is Cc1ccc(CN2C(=O)[C@@](O)(CC(=O)c3ccc(Cl)cc3Cl)c3ccccc32)cc1. The third-order valence-corrected chi connectivity index (χ3v) is 5.90. The lowest BCUT2D eigenvalue weighted by Crippen LogP contribution is -2.41. The first-order valence-electron chi connectivity index (χ1n) is 9.47. The van der Waals surface area contributed by atoms with E-state index in [9.17, 15) is 14.7 Å². The van der Waals surface area contributed by atoms with Gasteiger partial charge in [-0.1, -0.05) is 71.2 Å². The molecule has 0 fully saturated rings. The first-order valence-corrected chi connectivity index (χ1v) is 10.2. The van der Waals surface area contributed by atoms with E-state index in [1.807, 2.05) is 31.2 Å². The van der Waals surface area contributed by atoms with Crippen molar-refractivity contribution < 1.29 is 14.7 Å². The molecule has 4 rings (SSSR count). The fourth-order valence-electron chi connectivity index (χ4n) is 3.75. The van der Waals surface area contributed by atoms with Crippen LogP contribution in [-0.2, 0) is 16.9 Å². The molecule has 0 bridgehead atoms. The Morgan fingerprint density at radius 2 is 1.73 bits per heavy atom. The van der Waals surface area contributed by atoms with Gasteiger partial charge in [-0.2, -0.15) is 0 Å². The minimum atomic E-state index is -1.96. The molecule has 1 aliphatic rings. The predicted octanol–water partition coefficient (Wildman–Crippen LogP) is 5.31. The van der Waals surface area contributed by atoms with Gasteiger partial charge in [-0.25, -0.2) is 0 Å². The van der Waals surface area contributed by atoms with E-state index in [-0.39, 0.29) is 10.6 Å². The topological polar surface area (TPSA) is 57.6 Å². The number of anilines is 1. The second-order valence-corrected chi connectivity index (χ2v) is 8.32. The molecule has 0 spiro atoms. The van der Waals surface area contributed by atoms with E-state index in [4.69, 9.17) is 23.2 Å². The number of hydrogen-bond acceptors (Lipinski definition) is 3. The first kappa shape index (κ1) is 20.6. The van der Waals surface area contributed by atoms with Crippen molar-refractivity contribution in [3.05, 3.63) is 99.0 Å². The highest BCUT2D eigenvalue weighted by Gasteiger charge is 2.50. The Morgan fingerprint density at radius 1 is 1.03 bits per heavy atom. The maximum absolute atomic E-state index is 13.3. The summed E-state index contributed by atoms with van der Waals surface area (Å²) in [6, 6.07) is 19.4. The van der Waals surface area contributed by atoms with Crippen molar-refractivity contribution in [2.45, 2.75) is 25.5 Å². The third-order valence-electron chi connectivity index (χ3n) is 5.35. The van der Waals surface area contributed by atoms with Gasteiger partial charge in [0.25, 0.3) is 5.91 Å². The number of ketones is 1. The number of carbonyl (C=O) groups excluding carboxylic acids is 2. The third kappa shape index (κ3) is 3.63. The van der Waals surface area contributed by atoms with Crippen molar-refractivity contribution >= 4 is 40.6 Å². The molecule has 0 saturated carbocycles. The largest absolute Gasteiger partial charge is 0.375 e. The van der Waals surface area contributed by atoms with Gasteiger partial charge in [0.1, 0.15) is 0 Å². The number of carbonyl (C=O) groups is 2. The Labute approximate surface area is 184 Å². The van der Waals surface area contributed by atoms with Crippen LogP contribution in [0.1, 0.15) is 33.5 Å². The van der Waals surface area contributed by atoms with Crippen LogP contribution in [0.15, 0.2) is 66.7 Å². The summed E-state index contributed by atoms with van der Waals surface area (Å²) in [6.07, 6.45) is -0.408. The fourth-order valence-corrected chi connectivity index (χ4v) is 4.27. The monoisotopic (exact) mass is 439 g/mol. The van der Waals surface area contributed by atoms with Gasteiger partial charge in [0.15, 0.2) is 11.4 Å². The van der Waals surface area contributed by atoms with Gasteiger partial charge in [-0.3, -0.25) is 9.59 Å². The summed E-state index contributed by atoms with van der Waals surface area (Å²) in [5.41, 5.74) is 1.33. The number of aliphatic hydroxyl groups is 1. The van der Waals surface area contributed by atoms with Crippen molar-refractivity contribution in [1.82, 2.24) is 0 Å². The lowest BCUT2D eigenvalue weighted by molar-refractivity contribution is -0.136. The Morgan fingerprint density at radius 3 is 2.43 bits per heavy atom. The molecule has 0 unspecified atom stereocenters. The predicted molar refractivity (Wildman–Crippen MR) is 118 cm³/mol. The Kier molecular flexibility index (Phi) is 5.41. The molecule has 1 aliphatic heterocycles. The zero-order valence-corrected chi connectivity index (χ0v) is 17.7. The number of para-hydroxylation sites is 1. The lowest BCUT2D eigenvalue weighted by atomic mass is 9.88. The van der Waals surface area contributed by atoms with Crippen molar-refractivity contribution in [2.24, 2.45) is 0 Å². The Hall–Kier alpha value is -2.66. The molecule has 152 valence electrons. The second-order valence-electron chi connectivity index (χ2n) is 7.48. The molecule has 1 N–H and O–H groups in total. The normalized spacial score (nSPS) is 17.9. The number of fused-ring (bicyclic) bond motifs is 1. The second kappa shape index (κ2) is 7.88. The number of halogens is 2. The van der Waals surface area contributed by atoms with Crippen LogP contribution in [0.3, 0.4) is 0 Å². The van der Waals surface area contributed by atoms with E-state index < -0.39 is 23.7 Å². The molecule has 30 heavy (non-hydrogen) atoms. The number of amides is 1. The van der Waals surface area contributed by atoms with Gasteiger partial charge < -0.3 is 10.0 Å². The van der Waals surface area contributed by atoms with Gasteiger partial charge in [0.2, 0.25) is 0 Å². The van der Waals surface area contributed by atoms with Crippen molar-refractivity contribution in [2.75, 3.05) is 4.90 Å². The maximum Gasteiger partial charge on any atom is 0.264 e. The number of hydrogen-bond donors (Lipinski definition) is 1. The molecule has 1 amide bonds. The number of Topliss-reactive ketones (excluding diaryl/α,β-unsaturated/α-hetero) is 1. The van der Waals surface area contributed by atoms with Crippen LogP contribution >= 0.6 is 23.2 Å². The molecule has 4 nitrogen and oxygen atoms in total. The molecule has 3 aromatic rings. The number of benzene rings is 3. The van der Waals surface area contributed by atoms with E-state index in [2.05, 4.69) is 0 Å². The average Bonchev–Trinajstić information content (AvgIpc) is 2.91. The minimum Gasteiger partial charge on any atom is -0.375 e.